The van der Waals surface area contributed by atoms with Crippen molar-refractivity contribution in [2.75, 3.05) is 13.2 Å². The minimum atomic E-state index is -0.501. The van der Waals surface area contributed by atoms with Crippen LogP contribution in [0.25, 0.3) is 0 Å². The van der Waals surface area contributed by atoms with Gasteiger partial charge in [-0.1, -0.05) is 73.7 Å². The highest BCUT2D eigenvalue weighted by Gasteiger charge is 2.39. The average molecular weight is 474 g/mol. The Bertz CT molecular complexity index is 1090. The molecule has 182 valence electrons. The van der Waals surface area contributed by atoms with E-state index < -0.39 is 5.97 Å². The van der Waals surface area contributed by atoms with Crippen molar-refractivity contribution in [2.45, 2.75) is 45.1 Å². The zero-order chi connectivity index (χ0) is 24.6. The average Bonchev–Trinajstić information content (AvgIpc) is 3.24. The van der Waals surface area contributed by atoms with Crippen LogP contribution >= 0.6 is 0 Å². The Morgan fingerprint density at radius 2 is 1.63 bits per heavy atom. The van der Waals surface area contributed by atoms with Crippen molar-refractivity contribution >= 4 is 12.1 Å². The number of rotatable bonds is 10. The summed E-state index contributed by atoms with van der Waals surface area (Å²) in [6.07, 6.45) is 2.08. The van der Waals surface area contributed by atoms with Gasteiger partial charge in [0.25, 0.3) is 0 Å². The third kappa shape index (κ3) is 6.21. The van der Waals surface area contributed by atoms with Crippen molar-refractivity contribution in [2.24, 2.45) is 0 Å². The number of benzene rings is 3. The second kappa shape index (κ2) is 11.6. The topological polar surface area (TPSA) is 65.1 Å². The third-order valence-electron chi connectivity index (χ3n) is 6.27. The van der Waals surface area contributed by atoms with E-state index in [2.05, 4.69) is 37.3 Å². The lowest BCUT2D eigenvalue weighted by Gasteiger charge is -2.30. The van der Waals surface area contributed by atoms with Crippen molar-refractivity contribution in [1.29, 1.82) is 0 Å². The summed E-state index contributed by atoms with van der Waals surface area (Å²) in [7, 11) is 0. The highest BCUT2D eigenvalue weighted by Crippen LogP contribution is 2.34. The predicted molar refractivity (Wildman–Crippen MR) is 133 cm³/mol. The quantitative estimate of drug-likeness (QED) is 0.280. The summed E-state index contributed by atoms with van der Waals surface area (Å²) in [6.45, 7) is 4.30. The predicted octanol–water partition coefficient (Wildman–Crippen LogP) is 5.69. The first kappa shape index (κ1) is 24.3. The number of cyclic esters (lactones) is 1. The molecule has 6 heteroatoms. The summed E-state index contributed by atoms with van der Waals surface area (Å²) in [5.74, 6) is 0.0238. The number of amides is 1. The number of hydrogen-bond acceptors (Lipinski definition) is 5. The smallest absolute Gasteiger partial charge is 0.410 e. The summed E-state index contributed by atoms with van der Waals surface area (Å²) in [4.78, 5) is 35.6. The molecule has 1 amide bonds. The van der Waals surface area contributed by atoms with Crippen LogP contribution in [0.4, 0.5) is 4.79 Å². The Balaban J connectivity index is 1.49. The first-order chi connectivity index (χ1) is 17.0. The molecule has 1 atom stereocenters. The third-order valence-corrected chi connectivity index (χ3v) is 6.27. The number of nitrogens with zero attached hydrogens (tertiary/aromatic N) is 1. The van der Waals surface area contributed by atoms with Gasteiger partial charge in [-0.05, 0) is 53.6 Å². The fourth-order valence-electron chi connectivity index (χ4n) is 4.64. The summed E-state index contributed by atoms with van der Waals surface area (Å²) in [6, 6.07) is 26.3. The highest BCUT2D eigenvalue weighted by molar-refractivity contribution is 5.70. The number of carbonyl (C=O) groups excluding carboxylic acids is 2. The van der Waals surface area contributed by atoms with Crippen molar-refractivity contribution < 1.29 is 24.1 Å². The molecule has 1 saturated heterocycles. The molecule has 1 fully saturated rings. The standard InChI is InChI=1S/C29H31NO5/c1-3-22-17-23(19-26(18-22)35-34-21(2)31)11-10-16-30-27(20-33-29(30)32)28(24-12-6-4-7-13-24)25-14-8-5-9-15-25/h4-9,12-15,17-19,27-28H,3,10-11,16,20H2,1-2H3/t27-/m1/s1. The van der Waals surface area contributed by atoms with Gasteiger partial charge >= 0.3 is 12.1 Å². The fourth-order valence-corrected chi connectivity index (χ4v) is 4.64. The van der Waals surface area contributed by atoms with Crippen LogP contribution in [0.1, 0.15) is 48.4 Å². The first-order valence-corrected chi connectivity index (χ1v) is 12.1. The molecule has 35 heavy (non-hydrogen) atoms. The molecule has 0 N–H and O–H groups in total. The molecule has 1 aliphatic rings. The van der Waals surface area contributed by atoms with Gasteiger partial charge < -0.3 is 9.64 Å². The van der Waals surface area contributed by atoms with E-state index in [1.165, 1.54) is 6.92 Å². The van der Waals surface area contributed by atoms with Gasteiger partial charge in [0.15, 0.2) is 5.75 Å². The molecule has 4 rings (SSSR count). The van der Waals surface area contributed by atoms with Crippen LogP contribution in [-0.2, 0) is 27.3 Å². The number of aryl methyl sites for hydroxylation is 2. The van der Waals surface area contributed by atoms with E-state index in [-0.39, 0.29) is 18.1 Å². The molecule has 1 heterocycles. The lowest BCUT2D eigenvalue weighted by atomic mass is 9.85. The maximum absolute atomic E-state index is 12.7. The molecule has 0 saturated carbocycles. The second-order valence-corrected chi connectivity index (χ2v) is 8.74. The Hall–Kier alpha value is -3.80. The van der Waals surface area contributed by atoms with Crippen LogP contribution < -0.4 is 4.89 Å². The van der Waals surface area contributed by atoms with Crippen molar-refractivity contribution in [3.05, 3.63) is 101 Å². The molecule has 0 radical (unpaired) electrons. The van der Waals surface area contributed by atoms with Gasteiger partial charge in [-0.15, -0.1) is 0 Å². The Labute approximate surface area is 206 Å². The zero-order valence-electron chi connectivity index (χ0n) is 20.2. The van der Waals surface area contributed by atoms with Crippen LogP contribution in [0.2, 0.25) is 0 Å². The maximum Gasteiger partial charge on any atom is 0.410 e. The molecule has 1 aliphatic heterocycles. The van der Waals surface area contributed by atoms with Gasteiger partial charge in [0.05, 0.1) is 6.04 Å². The molecular weight excluding hydrogens is 442 g/mol. The normalized spacial score (nSPS) is 15.2. The summed E-state index contributed by atoms with van der Waals surface area (Å²) in [5.41, 5.74) is 4.49. The van der Waals surface area contributed by atoms with Crippen LogP contribution in [0.15, 0.2) is 78.9 Å². The van der Waals surface area contributed by atoms with E-state index in [1.807, 2.05) is 53.4 Å². The van der Waals surface area contributed by atoms with Gasteiger partial charge in [-0.2, -0.15) is 0 Å². The van der Waals surface area contributed by atoms with E-state index in [4.69, 9.17) is 14.5 Å². The first-order valence-electron chi connectivity index (χ1n) is 12.1. The SMILES string of the molecule is CCc1cc(CCCN2C(=O)OC[C@@H]2C(c2ccccc2)c2ccccc2)cc(OOC(C)=O)c1. The van der Waals surface area contributed by atoms with Gasteiger partial charge in [0.1, 0.15) is 6.61 Å². The molecule has 3 aromatic rings. The Morgan fingerprint density at radius 1 is 1.00 bits per heavy atom. The summed E-state index contributed by atoms with van der Waals surface area (Å²) in [5, 5.41) is 0. The molecule has 0 aromatic heterocycles. The van der Waals surface area contributed by atoms with Gasteiger partial charge in [-0.3, -0.25) is 9.78 Å². The van der Waals surface area contributed by atoms with E-state index in [1.54, 1.807) is 0 Å². The molecule has 0 spiro atoms. The van der Waals surface area contributed by atoms with Crippen LogP contribution in [-0.4, -0.2) is 36.2 Å². The van der Waals surface area contributed by atoms with Crippen LogP contribution in [0, 0.1) is 0 Å². The number of carbonyl (C=O) groups is 2. The fraction of sp³-hybridized carbons (Fsp3) is 0.310. The Morgan fingerprint density at radius 3 is 2.23 bits per heavy atom. The summed E-state index contributed by atoms with van der Waals surface area (Å²) < 4.78 is 5.53. The van der Waals surface area contributed by atoms with E-state index in [9.17, 15) is 9.59 Å². The molecule has 3 aromatic carbocycles. The van der Waals surface area contributed by atoms with Crippen molar-refractivity contribution in [1.82, 2.24) is 4.90 Å². The molecule has 0 unspecified atom stereocenters. The lowest BCUT2D eigenvalue weighted by Crippen LogP contribution is -2.39. The maximum atomic E-state index is 12.7. The van der Waals surface area contributed by atoms with Gasteiger partial charge in [0.2, 0.25) is 0 Å². The lowest BCUT2D eigenvalue weighted by molar-refractivity contribution is -0.210. The highest BCUT2D eigenvalue weighted by atomic mass is 17.2. The van der Waals surface area contributed by atoms with Crippen molar-refractivity contribution in [3.63, 3.8) is 0 Å². The number of ether oxygens (including phenoxy) is 1. The van der Waals surface area contributed by atoms with E-state index >= 15 is 0 Å². The molecule has 0 bridgehead atoms. The number of hydrogen-bond donors (Lipinski definition) is 0. The minimum absolute atomic E-state index is 0.0241. The minimum Gasteiger partial charge on any atom is -0.447 e. The molecule has 6 nitrogen and oxygen atoms in total. The van der Waals surface area contributed by atoms with E-state index in [0.29, 0.717) is 18.9 Å². The molecule has 0 aliphatic carbocycles. The van der Waals surface area contributed by atoms with E-state index in [0.717, 1.165) is 41.5 Å². The van der Waals surface area contributed by atoms with Gasteiger partial charge in [-0.25, -0.2) is 9.59 Å². The van der Waals surface area contributed by atoms with Crippen LogP contribution in [0.5, 0.6) is 5.75 Å². The van der Waals surface area contributed by atoms with Crippen molar-refractivity contribution in [3.8, 4) is 5.75 Å². The zero-order valence-corrected chi connectivity index (χ0v) is 20.2. The molecular formula is C29H31NO5. The van der Waals surface area contributed by atoms with Gasteiger partial charge in [0, 0.05) is 19.4 Å². The largest absolute Gasteiger partial charge is 0.447 e. The Kier molecular flexibility index (Phi) is 8.03. The monoisotopic (exact) mass is 473 g/mol. The van der Waals surface area contributed by atoms with Crippen LogP contribution in [0.3, 0.4) is 0 Å². The summed E-state index contributed by atoms with van der Waals surface area (Å²) >= 11 is 0. The second-order valence-electron chi connectivity index (χ2n) is 8.74.